The molecule has 0 bridgehead atoms. The number of aliphatic hydroxyl groups excluding tert-OH is 2. The van der Waals surface area contributed by atoms with E-state index in [1.807, 2.05) is 0 Å². The van der Waals surface area contributed by atoms with E-state index in [2.05, 4.69) is 5.32 Å². The van der Waals surface area contributed by atoms with Crippen LogP contribution in [0.1, 0.15) is 32.4 Å². The Hall–Kier alpha value is -2.17. The Morgan fingerprint density at radius 2 is 2.05 bits per heavy atom. The predicted octanol–water partition coefficient (Wildman–Crippen LogP) is 2.09. The van der Waals surface area contributed by atoms with Crippen molar-refractivity contribution in [3.63, 3.8) is 0 Å². The summed E-state index contributed by atoms with van der Waals surface area (Å²) in [5.74, 6) is -0.817. The van der Waals surface area contributed by atoms with Crippen LogP contribution in [0, 0.1) is 17.1 Å². The zero-order valence-electron chi connectivity index (χ0n) is 11.9. The molecule has 114 valence electrons. The number of hydrogen-bond donors (Lipinski definition) is 3. The van der Waals surface area contributed by atoms with Crippen molar-refractivity contribution in [2.24, 2.45) is 0 Å². The summed E-state index contributed by atoms with van der Waals surface area (Å²) in [7, 11) is 0. The first-order chi connectivity index (χ1) is 9.64. The Bertz CT molecular complexity index is 563. The Morgan fingerprint density at radius 3 is 2.52 bits per heavy atom. The molecule has 0 spiro atoms. The fraction of sp³-hybridized carbons (Fsp3) is 0.429. The zero-order valence-corrected chi connectivity index (χ0v) is 11.9. The summed E-state index contributed by atoms with van der Waals surface area (Å²) in [6.45, 7) is 5.02. The van der Waals surface area contributed by atoms with Gasteiger partial charge in [0.25, 0.3) is 0 Å². The van der Waals surface area contributed by atoms with Gasteiger partial charge in [-0.1, -0.05) is 6.07 Å². The molecule has 0 aliphatic carbocycles. The van der Waals surface area contributed by atoms with Gasteiger partial charge in [-0.15, -0.1) is 0 Å². The fourth-order valence-electron chi connectivity index (χ4n) is 1.48. The van der Waals surface area contributed by atoms with Crippen LogP contribution in [0.3, 0.4) is 0 Å². The van der Waals surface area contributed by atoms with E-state index >= 15 is 0 Å². The molecule has 1 aromatic rings. The maximum Gasteiger partial charge on any atom is 0.412 e. The third kappa shape index (κ3) is 5.02. The number of nitrogens with one attached hydrogen (secondary N) is 1. The predicted molar refractivity (Wildman–Crippen MR) is 72.8 cm³/mol. The van der Waals surface area contributed by atoms with E-state index in [1.165, 1.54) is 18.2 Å². The van der Waals surface area contributed by atoms with Crippen LogP contribution in [-0.2, 0) is 4.74 Å². The molecule has 0 radical (unpaired) electrons. The molecular formula is C14H17FN2O4. The van der Waals surface area contributed by atoms with Crippen molar-refractivity contribution in [2.45, 2.75) is 38.6 Å². The molecule has 0 aromatic heterocycles. The SMILES string of the molecule is CC(C)(C)OC(=O)Nc1ccc(C(O)C(O)C#N)cc1F. The maximum absolute atomic E-state index is 13.8. The number of benzene rings is 1. The normalized spacial score (nSPS) is 14.0. The lowest BCUT2D eigenvalue weighted by molar-refractivity contribution is 0.0526. The number of nitrogens with zero attached hydrogens (tertiary/aromatic N) is 1. The van der Waals surface area contributed by atoms with Crippen LogP contribution in [0.15, 0.2) is 18.2 Å². The average Bonchev–Trinajstić information content (AvgIpc) is 2.37. The van der Waals surface area contributed by atoms with Crippen LogP contribution in [0.2, 0.25) is 0 Å². The topological polar surface area (TPSA) is 103 Å². The summed E-state index contributed by atoms with van der Waals surface area (Å²) in [5, 5.41) is 29.5. The highest BCUT2D eigenvalue weighted by atomic mass is 19.1. The molecule has 0 heterocycles. The average molecular weight is 296 g/mol. The molecule has 0 saturated carbocycles. The number of amides is 1. The second-order valence-electron chi connectivity index (χ2n) is 5.38. The van der Waals surface area contributed by atoms with Gasteiger partial charge in [0.1, 0.15) is 17.5 Å². The molecular weight excluding hydrogens is 279 g/mol. The van der Waals surface area contributed by atoms with E-state index in [4.69, 9.17) is 10.00 Å². The van der Waals surface area contributed by atoms with Gasteiger partial charge in [-0.3, -0.25) is 5.32 Å². The highest BCUT2D eigenvalue weighted by molar-refractivity contribution is 5.85. The van der Waals surface area contributed by atoms with Gasteiger partial charge in [0.2, 0.25) is 0 Å². The second kappa shape index (κ2) is 6.52. The summed E-state index contributed by atoms with van der Waals surface area (Å²) in [6.07, 6.45) is -4.00. The van der Waals surface area contributed by atoms with Crippen LogP contribution < -0.4 is 5.32 Å². The van der Waals surface area contributed by atoms with Gasteiger partial charge in [0, 0.05) is 0 Å². The van der Waals surface area contributed by atoms with Crippen LogP contribution >= 0.6 is 0 Å². The number of nitriles is 1. The van der Waals surface area contributed by atoms with Gasteiger partial charge in [-0.05, 0) is 38.5 Å². The highest BCUT2D eigenvalue weighted by Gasteiger charge is 2.20. The molecule has 3 N–H and O–H groups in total. The number of anilines is 1. The van der Waals surface area contributed by atoms with Gasteiger partial charge in [0.05, 0.1) is 11.8 Å². The fourth-order valence-corrected chi connectivity index (χ4v) is 1.48. The Labute approximate surface area is 121 Å². The summed E-state index contributed by atoms with van der Waals surface area (Å²) in [5.41, 5.74) is -0.823. The third-order valence-corrected chi connectivity index (χ3v) is 2.40. The van der Waals surface area contributed by atoms with Crippen molar-refractivity contribution in [3.8, 4) is 6.07 Å². The summed E-state index contributed by atoms with van der Waals surface area (Å²) < 4.78 is 18.8. The molecule has 0 fully saturated rings. The first kappa shape index (κ1) is 16.9. The van der Waals surface area contributed by atoms with E-state index in [9.17, 15) is 19.4 Å². The standard InChI is InChI=1S/C14H17FN2O4/c1-14(2,3)21-13(20)17-10-5-4-8(6-9(10)15)12(19)11(18)7-16/h4-6,11-12,18-19H,1-3H3,(H,17,20). The van der Waals surface area contributed by atoms with Gasteiger partial charge in [-0.25, -0.2) is 9.18 Å². The molecule has 1 amide bonds. The van der Waals surface area contributed by atoms with Gasteiger partial charge < -0.3 is 14.9 Å². The number of carbonyl (C=O) groups excluding carboxylic acids is 1. The largest absolute Gasteiger partial charge is 0.444 e. The maximum atomic E-state index is 13.8. The molecule has 6 nitrogen and oxygen atoms in total. The van der Waals surface area contributed by atoms with Gasteiger partial charge >= 0.3 is 6.09 Å². The first-order valence-corrected chi connectivity index (χ1v) is 6.19. The Kier molecular flexibility index (Phi) is 5.24. The van der Waals surface area contributed by atoms with Crippen molar-refractivity contribution >= 4 is 11.8 Å². The minimum Gasteiger partial charge on any atom is -0.444 e. The number of carbonyl (C=O) groups is 1. The molecule has 0 saturated heterocycles. The molecule has 0 aliphatic rings. The molecule has 2 atom stereocenters. The number of halogens is 1. The van der Waals surface area contributed by atoms with Crippen molar-refractivity contribution in [2.75, 3.05) is 5.32 Å². The quantitative estimate of drug-likeness (QED) is 0.741. The summed E-state index contributed by atoms with van der Waals surface area (Å²) in [6, 6.07) is 4.88. The van der Waals surface area contributed by atoms with E-state index in [0.29, 0.717) is 0 Å². The van der Waals surface area contributed by atoms with E-state index < -0.39 is 29.7 Å². The van der Waals surface area contributed by atoms with E-state index in [0.717, 1.165) is 6.07 Å². The smallest absolute Gasteiger partial charge is 0.412 e. The first-order valence-electron chi connectivity index (χ1n) is 6.19. The van der Waals surface area contributed by atoms with Crippen LogP contribution in [0.25, 0.3) is 0 Å². The van der Waals surface area contributed by atoms with Crippen LogP contribution in [0.4, 0.5) is 14.9 Å². The minimum atomic E-state index is -1.66. The van der Waals surface area contributed by atoms with Gasteiger partial charge in [0.15, 0.2) is 6.10 Å². The molecule has 0 aliphatic heterocycles. The molecule has 1 rings (SSSR count). The lowest BCUT2D eigenvalue weighted by Crippen LogP contribution is -2.27. The molecule has 7 heteroatoms. The second-order valence-corrected chi connectivity index (χ2v) is 5.38. The Balaban J connectivity index is 2.85. The summed E-state index contributed by atoms with van der Waals surface area (Å²) >= 11 is 0. The number of hydrogen-bond acceptors (Lipinski definition) is 5. The monoisotopic (exact) mass is 296 g/mol. The Morgan fingerprint density at radius 1 is 1.43 bits per heavy atom. The van der Waals surface area contributed by atoms with Crippen molar-refractivity contribution in [3.05, 3.63) is 29.6 Å². The minimum absolute atomic E-state index is 0.0243. The zero-order chi connectivity index (χ0) is 16.2. The van der Waals surface area contributed by atoms with Crippen LogP contribution in [0.5, 0.6) is 0 Å². The summed E-state index contributed by atoms with van der Waals surface area (Å²) in [4.78, 5) is 11.5. The van der Waals surface area contributed by atoms with Gasteiger partial charge in [-0.2, -0.15) is 5.26 Å². The van der Waals surface area contributed by atoms with Crippen molar-refractivity contribution in [1.29, 1.82) is 5.26 Å². The molecule has 1 aromatic carbocycles. The third-order valence-electron chi connectivity index (χ3n) is 2.40. The van der Waals surface area contributed by atoms with Crippen molar-refractivity contribution in [1.82, 2.24) is 0 Å². The lowest BCUT2D eigenvalue weighted by Gasteiger charge is -2.20. The number of aliphatic hydroxyl groups is 2. The number of rotatable bonds is 3. The molecule has 21 heavy (non-hydrogen) atoms. The van der Waals surface area contributed by atoms with E-state index in [1.54, 1.807) is 20.8 Å². The highest BCUT2D eigenvalue weighted by Crippen LogP contribution is 2.23. The lowest BCUT2D eigenvalue weighted by atomic mass is 10.0. The van der Waals surface area contributed by atoms with Crippen LogP contribution in [-0.4, -0.2) is 28.0 Å². The molecule has 2 unspecified atom stereocenters. The van der Waals surface area contributed by atoms with E-state index in [-0.39, 0.29) is 11.3 Å². The van der Waals surface area contributed by atoms with Crippen molar-refractivity contribution < 1.29 is 24.1 Å². The number of ether oxygens (including phenoxy) is 1.